The number of carbonyl (C=O) groups is 1. The first kappa shape index (κ1) is 22.7. The van der Waals surface area contributed by atoms with Crippen molar-refractivity contribution in [3.8, 4) is 0 Å². The largest absolute Gasteiger partial charge is 0.456 e. The normalized spacial score (nSPS) is 34.3. The summed E-state index contributed by atoms with van der Waals surface area (Å²) < 4.78 is 24.6. The zero-order chi connectivity index (χ0) is 24.0. The molecule has 184 valence electrons. The second-order valence-corrected chi connectivity index (χ2v) is 9.80. The second-order valence-electron chi connectivity index (χ2n) is 9.80. The van der Waals surface area contributed by atoms with Gasteiger partial charge in [-0.2, -0.15) is 0 Å². The van der Waals surface area contributed by atoms with Crippen LogP contribution in [-0.2, 0) is 18.9 Å². The minimum absolute atomic E-state index is 0.0904. The number of esters is 1. The molecule has 4 saturated heterocycles. The number of pyridine rings is 1. The van der Waals surface area contributed by atoms with Crippen LogP contribution in [0.15, 0.2) is 66.9 Å². The van der Waals surface area contributed by atoms with Crippen molar-refractivity contribution in [2.75, 3.05) is 44.7 Å². The number of rotatable bonds is 6. The molecule has 5 fully saturated rings. The fourth-order valence-electron chi connectivity index (χ4n) is 6.25. The van der Waals surface area contributed by atoms with Crippen molar-refractivity contribution in [1.29, 1.82) is 0 Å². The molecule has 4 bridgehead atoms. The molecule has 8 nitrogen and oxygen atoms in total. The van der Waals surface area contributed by atoms with Crippen LogP contribution in [0.4, 0.5) is 5.82 Å². The van der Waals surface area contributed by atoms with E-state index in [9.17, 15) is 4.79 Å². The highest BCUT2D eigenvalue weighted by molar-refractivity contribution is 5.89. The van der Waals surface area contributed by atoms with Gasteiger partial charge < -0.3 is 23.8 Å². The Hall–Kier alpha value is -2.78. The Morgan fingerprint density at radius 1 is 1.14 bits per heavy atom. The summed E-state index contributed by atoms with van der Waals surface area (Å²) in [4.78, 5) is 22.3. The van der Waals surface area contributed by atoms with Gasteiger partial charge in [0.25, 0.3) is 0 Å². The van der Waals surface area contributed by atoms with Crippen molar-refractivity contribution < 1.29 is 23.7 Å². The van der Waals surface area contributed by atoms with Crippen LogP contribution < -0.4 is 4.90 Å². The molecule has 4 aliphatic heterocycles. The fraction of sp³-hybridized carbons (Fsp3) is 0.481. The summed E-state index contributed by atoms with van der Waals surface area (Å²) in [5, 5.41) is 0. The predicted octanol–water partition coefficient (Wildman–Crippen LogP) is 2.72. The summed E-state index contributed by atoms with van der Waals surface area (Å²) in [5.74, 6) is 0.698. The molecule has 7 rings (SSSR count). The van der Waals surface area contributed by atoms with Crippen LogP contribution in [0.3, 0.4) is 0 Å². The number of piperazine rings is 1. The highest BCUT2D eigenvalue weighted by Crippen LogP contribution is 2.59. The molecule has 6 atom stereocenters. The third-order valence-corrected chi connectivity index (χ3v) is 7.97. The molecule has 35 heavy (non-hydrogen) atoms. The van der Waals surface area contributed by atoms with Gasteiger partial charge in [0.2, 0.25) is 0 Å². The number of hydrogen-bond acceptors (Lipinski definition) is 8. The number of carbonyl (C=O) groups excluding carboxylic acids is 1. The van der Waals surface area contributed by atoms with Gasteiger partial charge in [0.05, 0.1) is 11.5 Å². The Kier molecular flexibility index (Phi) is 5.84. The number of fused-ring (bicyclic) bond motifs is 1. The molecular weight excluding hydrogens is 446 g/mol. The molecule has 5 aliphatic rings. The van der Waals surface area contributed by atoms with Crippen molar-refractivity contribution in [2.24, 2.45) is 11.8 Å². The lowest BCUT2D eigenvalue weighted by molar-refractivity contribution is -0.375. The molecule has 1 aromatic heterocycles. The van der Waals surface area contributed by atoms with E-state index < -0.39 is 24.3 Å². The van der Waals surface area contributed by atoms with Gasteiger partial charge in [-0.15, -0.1) is 0 Å². The summed E-state index contributed by atoms with van der Waals surface area (Å²) in [7, 11) is 1.66. The van der Waals surface area contributed by atoms with Gasteiger partial charge in [0.1, 0.15) is 17.5 Å². The summed E-state index contributed by atoms with van der Waals surface area (Å²) in [6.45, 7) is 8.38. The van der Waals surface area contributed by atoms with Gasteiger partial charge in [0.15, 0.2) is 12.6 Å². The first-order chi connectivity index (χ1) is 17.1. The summed E-state index contributed by atoms with van der Waals surface area (Å²) in [5.41, 5.74) is 0.737. The summed E-state index contributed by atoms with van der Waals surface area (Å²) in [6, 6.07) is 15.1. The summed E-state index contributed by atoms with van der Waals surface area (Å²) in [6.07, 6.45) is 1.11. The molecule has 8 heteroatoms. The van der Waals surface area contributed by atoms with Crippen molar-refractivity contribution >= 4 is 11.8 Å². The van der Waals surface area contributed by atoms with Crippen LogP contribution in [0.1, 0.15) is 16.8 Å². The van der Waals surface area contributed by atoms with Crippen LogP contribution in [0.2, 0.25) is 0 Å². The lowest BCUT2D eigenvalue weighted by Gasteiger charge is -2.55. The Morgan fingerprint density at radius 3 is 2.63 bits per heavy atom. The Balaban J connectivity index is 1.24. The van der Waals surface area contributed by atoms with Gasteiger partial charge in [-0.25, -0.2) is 9.78 Å². The quantitative estimate of drug-likeness (QED) is 0.465. The standard InChI is InChI=1S/C27H31N3O5/c1-18-20-16-21(33-24(31)19-8-4-3-5-9-19)27(23(20)26(32-2)34-25(18)35-27)17-29-12-14-30(15-13-29)22-10-6-7-11-28-22/h3-11,20-21,23,25-26H,1,12-17H2,2H3/t20?,21-,23?,25?,26?,27?/m1/s1. The molecule has 1 aliphatic carbocycles. The van der Waals surface area contributed by atoms with Crippen molar-refractivity contribution in [2.45, 2.75) is 30.7 Å². The Bertz CT molecular complexity index is 1070. The molecule has 5 unspecified atom stereocenters. The van der Waals surface area contributed by atoms with Crippen LogP contribution in [0, 0.1) is 11.8 Å². The molecule has 2 aromatic rings. The minimum atomic E-state index is -0.715. The van der Waals surface area contributed by atoms with E-state index in [2.05, 4.69) is 21.4 Å². The highest BCUT2D eigenvalue weighted by Gasteiger charge is 2.70. The van der Waals surface area contributed by atoms with E-state index in [1.54, 1.807) is 19.2 Å². The number of hydrogen-bond donors (Lipinski definition) is 0. The van der Waals surface area contributed by atoms with E-state index in [0.29, 0.717) is 18.5 Å². The van der Waals surface area contributed by atoms with Gasteiger partial charge in [-0.1, -0.05) is 30.8 Å². The molecule has 0 spiro atoms. The third kappa shape index (κ3) is 3.85. The number of benzene rings is 1. The maximum absolute atomic E-state index is 13.1. The predicted molar refractivity (Wildman–Crippen MR) is 129 cm³/mol. The number of nitrogens with zero attached hydrogens (tertiary/aromatic N) is 3. The first-order valence-corrected chi connectivity index (χ1v) is 12.3. The zero-order valence-corrected chi connectivity index (χ0v) is 19.9. The van der Waals surface area contributed by atoms with Crippen molar-refractivity contribution in [3.63, 3.8) is 0 Å². The highest BCUT2D eigenvalue weighted by atomic mass is 16.8. The van der Waals surface area contributed by atoms with E-state index in [1.165, 1.54) is 0 Å². The van der Waals surface area contributed by atoms with E-state index in [4.69, 9.17) is 18.9 Å². The molecule has 0 radical (unpaired) electrons. The minimum Gasteiger partial charge on any atom is -0.456 e. The lowest BCUT2D eigenvalue weighted by Crippen LogP contribution is -2.68. The van der Waals surface area contributed by atoms with Gasteiger partial charge >= 0.3 is 5.97 Å². The van der Waals surface area contributed by atoms with Crippen LogP contribution >= 0.6 is 0 Å². The maximum atomic E-state index is 13.1. The summed E-state index contributed by atoms with van der Waals surface area (Å²) >= 11 is 0. The molecule has 1 aromatic carbocycles. The number of ether oxygens (including phenoxy) is 4. The molecule has 1 saturated carbocycles. The smallest absolute Gasteiger partial charge is 0.338 e. The molecule has 5 heterocycles. The fourth-order valence-corrected chi connectivity index (χ4v) is 6.25. The van der Waals surface area contributed by atoms with Crippen molar-refractivity contribution in [3.05, 3.63) is 72.4 Å². The monoisotopic (exact) mass is 477 g/mol. The number of methoxy groups -OCH3 is 1. The number of anilines is 1. The number of aromatic nitrogens is 1. The van der Waals surface area contributed by atoms with Crippen LogP contribution in [-0.4, -0.2) is 80.0 Å². The van der Waals surface area contributed by atoms with E-state index in [1.807, 2.05) is 42.6 Å². The topological polar surface area (TPSA) is 73.4 Å². The third-order valence-electron chi connectivity index (χ3n) is 7.97. The van der Waals surface area contributed by atoms with Crippen LogP contribution in [0.5, 0.6) is 0 Å². The van der Waals surface area contributed by atoms with Crippen molar-refractivity contribution in [1.82, 2.24) is 9.88 Å². The molecule has 0 N–H and O–H groups in total. The second kappa shape index (κ2) is 9.02. The van der Waals surface area contributed by atoms with Gasteiger partial charge in [0, 0.05) is 46.0 Å². The van der Waals surface area contributed by atoms with E-state index >= 15 is 0 Å². The maximum Gasteiger partial charge on any atom is 0.338 e. The van der Waals surface area contributed by atoms with Crippen LogP contribution in [0.25, 0.3) is 0 Å². The Labute approximate surface area is 205 Å². The average molecular weight is 478 g/mol. The zero-order valence-electron chi connectivity index (χ0n) is 19.9. The average Bonchev–Trinajstić information content (AvgIpc) is 3.18. The molecule has 0 amide bonds. The van der Waals surface area contributed by atoms with Gasteiger partial charge in [-0.3, -0.25) is 4.90 Å². The lowest BCUT2D eigenvalue weighted by atomic mass is 9.76. The van der Waals surface area contributed by atoms with Gasteiger partial charge in [-0.05, 0) is 42.2 Å². The van der Waals surface area contributed by atoms with E-state index in [0.717, 1.165) is 37.6 Å². The van der Waals surface area contributed by atoms with E-state index in [-0.39, 0.29) is 17.8 Å². The Morgan fingerprint density at radius 2 is 1.91 bits per heavy atom. The SMILES string of the molecule is C=C1C2OC(OC)C3C1C[C@@H](OC(=O)c1ccccc1)C3(CN1CCN(c3ccccn3)CC1)O2. The first-order valence-electron chi connectivity index (χ1n) is 12.3. The molecular formula is C27H31N3O5.